The van der Waals surface area contributed by atoms with E-state index in [9.17, 15) is 20.4 Å². The Morgan fingerprint density at radius 3 is 2.18 bits per heavy atom. The number of nitriles is 2. The summed E-state index contributed by atoms with van der Waals surface area (Å²) in [5.41, 5.74) is 0.426. The van der Waals surface area contributed by atoms with Crippen LogP contribution in [0, 0.1) is 63.1 Å². The van der Waals surface area contributed by atoms with Gasteiger partial charge >= 0.3 is 0 Å². The standard InChI is InChI=1S/C31H40N6O2/c1-29(39)11-12-30(2)22(13-29)7-8-23-24-5-4-6-26(31(24,3)10-9-25(23)30)27(38)28(36-18-20(14-32)16-34-36)37-19-21(15-33)17-35-37/h16-19,22-26,28,39H,4-13H2,1-3H3/t22-,23-,24-,25?,26+,29+,30-,31-/m0/s1. The summed E-state index contributed by atoms with van der Waals surface area (Å²) in [6.45, 7) is 6.88. The van der Waals surface area contributed by atoms with Crippen molar-refractivity contribution >= 4 is 5.78 Å². The molecule has 206 valence electrons. The maximum absolute atomic E-state index is 14.6. The average Bonchev–Trinajstić information content (AvgIpc) is 3.58. The lowest BCUT2D eigenvalue weighted by Crippen LogP contribution is -2.58. The molecule has 8 heteroatoms. The largest absolute Gasteiger partial charge is 0.390 e. The number of nitrogens with zero attached hydrogens (tertiary/aromatic N) is 6. The van der Waals surface area contributed by atoms with Gasteiger partial charge in [-0.05, 0) is 99.2 Å². The van der Waals surface area contributed by atoms with Gasteiger partial charge in [-0.2, -0.15) is 20.7 Å². The molecule has 0 radical (unpaired) electrons. The molecule has 2 aromatic heterocycles. The molecule has 0 aromatic carbocycles. The first-order valence-electron chi connectivity index (χ1n) is 14.7. The highest BCUT2D eigenvalue weighted by atomic mass is 16.3. The van der Waals surface area contributed by atoms with Gasteiger partial charge in [0.25, 0.3) is 0 Å². The van der Waals surface area contributed by atoms with Gasteiger partial charge in [0.05, 0.1) is 29.1 Å². The van der Waals surface area contributed by atoms with Crippen LogP contribution in [0.4, 0.5) is 0 Å². The highest BCUT2D eigenvalue weighted by Gasteiger charge is 2.61. The van der Waals surface area contributed by atoms with Crippen molar-refractivity contribution in [1.82, 2.24) is 19.6 Å². The molecule has 1 N–H and O–H groups in total. The van der Waals surface area contributed by atoms with E-state index in [-0.39, 0.29) is 22.5 Å². The fourth-order valence-electron chi connectivity index (χ4n) is 9.72. The van der Waals surface area contributed by atoms with Crippen LogP contribution in [0.5, 0.6) is 0 Å². The van der Waals surface area contributed by atoms with E-state index in [2.05, 4.69) is 36.2 Å². The summed E-state index contributed by atoms with van der Waals surface area (Å²) in [5.74, 6) is 2.30. The third kappa shape index (κ3) is 4.14. The molecule has 1 unspecified atom stereocenters. The Labute approximate surface area is 231 Å². The van der Waals surface area contributed by atoms with Crippen LogP contribution in [-0.4, -0.2) is 36.1 Å². The second-order valence-corrected chi connectivity index (χ2v) is 13.8. The Morgan fingerprint density at radius 1 is 0.923 bits per heavy atom. The van der Waals surface area contributed by atoms with Gasteiger partial charge in [-0.15, -0.1) is 0 Å². The second-order valence-electron chi connectivity index (χ2n) is 13.8. The van der Waals surface area contributed by atoms with Gasteiger partial charge in [0.1, 0.15) is 12.1 Å². The number of rotatable bonds is 4. The van der Waals surface area contributed by atoms with Crippen LogP contribution in [0.3, 0.4) is 0 Å². The molecule has 0 amide bonds. The summed E-state index contributed by atoms with van der Waals surface area (Å²) < 4.78 is 3.10. The lowest BCUT2D eigenvalue weighted by atomic mass is 9.41. The summed E-state index contributed by atoms with van der Waals surface area (Å²) in [4.78, 5) is 14.6. The molecule has 0 saturated heterocycles. The van der Waals surface area contributed by atoms with E-state index in [4.69, 9.17) is 0 Å². The van der Waals surface area contributed by atoms with Crippen molar-refractivity contribution in [3.8, 4) is 12.1 Å². The zero-order valence-corrected chi connectivity index (χ0v) is 23.4. The van der Waals surface area contributed by atoms with Crippen LogP contribution in [0.1, 0.15) is 102 Å². The molecule has 8 nitrogen and oxygen atoms in total. The van der Waals surface area contributed by atoms with E-state index in [1.807, 2.05) is 6.92 Å². The SMILES string of the molecule is C[C@@]1(O)CC[C@]2(C)C3CC[C@]4(C)[C@@H](C(=O)C(n5cc(C#N)cn5)n5cc(C#N)cn5)CCC[C@H]4[C@@H]3CC[C@H]2C1. The summed E-state index contributed by atoms with van der Waals surface area (Å²) in [7, 11) is 0. The van der Waals surface area contributed by atoms with E-state index in [0.29, 0.717) is 34.8 Å². The Balaban J connectivity index is 1.32. The molecule has 4 aliphatic carbocycles. The minimum atomic E-state index is -0.818. The van der Waals surface area contributed by atoms with Crippen LogP contribution in [0.2, 0.25) is 0 Å². The zero-order valence-electron chi connectivity index (χ0n) is 23.4. The van der Waals surface area contributed by atoms with E-state index in [1.54, 1.807) is 21.8 Å². The summed E-state index contributed by atoms with van der Waals surface area (Å²) in [5, 5.41) is 38.4. The van der Waals surface area contributed by atoms with Crippen LogP contribution < -0.4 is 0 Å². The summed E-state index contributed by atoms with van der Waals surface area (Å²) >= 11 is 0. The van der Waals surface area contributed by atoms with E-state index >= 15 is 0 Å². The van der Waals surface area contributed by atoms with Gasteiger partial charge in [0, 0.05) is 18.3 Å². The lowest BCUT2D eigenvalue weighted by molar-refractivity contribution is -0.170. The van der Waals surface area contributed by atoms with Gasteiger partial charge in [-0.3, -0.25) is 4.79 Å². The van der Waals surface area contributed by atoms with Crippen molar-refractivity contribution in [1.29, 1.82) is 10.5 Å². The number of aliphatic hydroxyl groups is 1. The number of aromatic nitrogens is 4. The first-order valence-corrected chi connectivity index (χ1v) is 14.7. The second kappa shape index (κ2) is 9.30. The van der Waals surface area contributed by atoms with Crippen LogP contribution in [-0.2, 0) is 4.79 Å². The van der Waals surface area contributed by atoms with Crippen molar-refractivity contribution < 1.29 is 9.90 Å². The Bertz CT molecular complexity index is 1290. The number of hydrogen-bond donors (Lipinski definition) is 1. The highest BCUT2D eigenvalue weighted by molar-refractivity contribution is 5.85. The van der Waals surface area contributed by atoms with E-state index < -0.39 is 11.8 Å². The molecule has 2 heterocycles. The molecule has 39 heavy (non-hydrogen) atoms. The predicted octanol–water partition coefficient (Wildman–Crippen LogP) is 5.24. The average molecular weight is 529 g/mol. The van der Waals surface area contributed by atoms with Crippen LogP contribution in [0.15, 0.2) is 24.8 Å². The molecule has 8 atom stereocenters. The van der Waals surface area contributed by atoms with Crippen molar-refractivity contribution in [3.63, 3.8) is 0 Å². The lowest BCUT2D eigenvalue weighted by Gasteiger charge is -2.64. The van der Waals surface area contributed by atoms with Gasteiger partial charge in [0.2, 0.25) is 6.17 Å². The zero-order chi connectivity index (χ0) is 27.6. The smallest absolute Gasteiger partial charge is 0.201 e. The third-order valence-corrected chi connectivity index (χ3v) is 11.8. The van der Waals surface area contributed by atoms with E-state index in [0.717, 1.165) is 44.9 Å². The molecule has 4 aliphatic rings. The maximum atomic E-state index is 14.6. The molecular formula is C31H40N6O2. The van der Waals surface area contributed by atoms with Crippen molar-refractivity contribution in [3.05, 3.63) is 35.9 Å². The van der Waals surface area contributed by atoms with Crippen LogP contribution >= 0.6 is 0 Å². The third-order valence-electron chi connectivity index (χ3n) is 11.8. The molecule has 4 fully saturated rings. The minimum Gasteiger partial charge on any atom is -0.390 e. The number of Topliss-reactive ketones (excluding diaryl/α,β-unsaturated/α-hetero) is 1. The first-order chi connectivity index (χ1) is 18.6. The van der Waals surface area contributed by atoms with Crippen molar-refractivity contribution in [2.45, 2.75) is 96.7 Å². The van der Waals surface area contributed by atoms with Gasteiger partial charge in [0.15, 0.2) is 5.78 Å². The van der Waals surface area contributed by atoms with Crippen molar-refractivity contribution in [2.24, 2.45) is 40.4 Å². The molecule has 4 saturated carbocycles. The molecule has 2 aromatic rings. The topological polar surface area (TPSA) is 121 Å². The summed E-state index contributed by atoms with van der Waals surface area (Å²) in [6.07, 6.45) is 15.9. The predicted molar refractivity (Wildman–Crippen MR) is 144 cm³/mol. The fourth-order valence-corrected chi connectivity index (χ4v) is 9.72. The maximum Gasteiger partial charge on any atom is 0.201 e. The number of fused-ring (bicyclic) bond motifs is 5. The molecule has 0 aliphatic heterocycles. The Hall–Kier alpha value is -2.97. The quantitative estimate of drug-likeness (QED) is 0.579. The van der Waals surface area contributed by atoms with Gasteiger partial charge < -0.3 is 5.11 Å². The number of ketones is 1. The number of hydrogen-bond acceptors (Lipinski definition) is 6. The van der Waals surface area contributed by atoms with Crippen molar-refractivity contribution in [2.75, 3.05) is 0 Å². The normalized spacial score (nSPS) is 39.6. The molecule has 0 bridgehead atoms. The minimum absolute atomic E-state index is 0.0782. The Kier molecular flexibility index (Phi) is 6.27. The monoisotopic (exact) mass is 528 g/mol. The first kappa shape index (κ1) is 26.3. The van der Waals surface area contributed by atoms with E-state index in [1.165, 1.54) is 31.7 Å². The number of carbonyl (C=O) groups excluding carboxylic acids is 1. The highest BCUT2D eigenvalue weighted by Crippen LogP contribution is 2.67. The Morgan fingerprint density at radius 2 is 1.56 bits per heavy atom. The molecular weight excluding hydrogens is 488 g/mol. The van der Waals surface area contributed by atoms with Crippen LogP contribution in [0.25, 0.3) is 0 Å². The van der Waals surface area contributed by atoms with Gasteiger partial charge in [-0.25, -0.2) is 9.36 Å². The van der Waals surface area contributed by atoms with Gasteiger partial charge in [-0.1, -0.05) is 20.3 Å². The molecule has 0 spiro atoms. The molecule has 6 rings (SSSR count). The fraction of sp³-hybridized carbons (Fsp3) is 0.710. The number of carbonyl (C=O) groups is 1. The summed E-state index contributed by atoms with van der Waals surface area (Å²) in [6, 6.07) is 4.22.